The molecule has 19 heavy (non-hydrogen) atoms. The molecular weight excluding hydrogens is 254 g/mol. The third-order valence-corrected chi connectivity index (χ3v) is 5.57. The molecule has 1 fully saturated rings. The van der Waals surface area contributed by atoms with E-state index in [-0.39, 0.29) is 6.10 Å². The molecule has 1 aromatic rings. The summed E-state index contributed by atoms with van der Waals surface area (Å²) < 4.78 is 0. The van der Waals surface area contributed by atoms with Gasteiger partial charge in [-0.3, -0.25) is 4.90 Å². The van der Waals surface area contributed by atoms with Crippen LogP contribution in [0.4, 0.5) is 0 Å². The van der Waals surface area contributed by atoms with Crippen molar-refractivity contribution in [1.82, 2.24) is 4.90 Å². The van der Waals surface area contributed by atoms with Gasteiger partial charge in [-0.15, -0.1) is 11.8 Å². The van der Waals surface area contributed by atoms with Gasteiger partial charge in [0.1, 0.15) is 0 Å². The SMILES string of the molecule is CC(O)CC1CCCN1CC1Cc2ccccc2S1. The molecule has 2 nitrogen and oxygen atoms in total. The van der Waals surface area contributed by atoms with Crippen molar-refractivity contribution < 1.29 is 5.11 Å². The van der Waals surface area contributed by atoms with Gasteiger partial charge in [0, 0.05) is 22.7 Å². The molecule has 0 spiro atoms. The van der Waals surface area contributed by atoms with Gasteiger partial charge >= 0.3 is 0 Å². The highest BCUT2D eigenvalue weighted by Crippen LogP contribution is 2.38. The second-order valence-corrected chi connectivity index (χ2v) is 7.27. The average molecular weight is 277 g/mol. The van der Waals surface area contributed by atoms with E-state index in [1.165, 1.54) is 42.8 Å². The minimum Gasteiger partial charge on any atom is -0.393 e. The number of fused-ring (bicyclic) bond motifs is 1. The van der Waals surface area contributed by atoms with E-state index in [4.69, 9.17) is 0 Å². The molecule has 3 atom stereocenters. The molecule has 2 aliphatic heterocycles. The summed E-state index contributed by atoms with van der Waals surface area (Å²) in [5.74, 6) is 0. The Hall–Kier alpha value is -0.510. The number of rotatable bonds is 4. The van der Waals surface area contributed by atoms with E-state index < -0.39 is 0 Å². The van der Waals surface area contributed by atoms with E-state index in [9.17, 15) is 5.11 Å². The van der Waals surface area contributed by atoms with Crippen molar-refractivity contribution >= 4 is 11.8 Å². The van der Waals surface area contributed by atoms with E-state index in [2.05, 4.69) is 29.2 Å². The lowest BCUT2D eigenvalue weighted by Gasteiger charge is -2.27. The third-order valence-electron chi connectivity index (χ3n) is 4.26. The summed E-state index contributed by atoms with van der Waals surface area (Å²) in [4.78, 5) is 4.08. The fraction of sp³-hybridized carbons (Fsp3) is 0.625. The molecule has 0 aliphatic carbocycles. The predicted molar refractivity (Wildman–Crippen MR) is 80.7 cm³/mol. The molecular formula is C16H23NOS. The lowest BCUT2D eigenvalue weighted by Crippen LogP contribution is -2.36. The fourth-order valence-electron chi connectivity index (χ4n) is 3.41. The van der Waals surface area contributed by atoms with Crippen LogP contribution in [0.5, 0.6) is 0 Å². The number of aliphatic hydroxyl groups is 1. The molecule has 2 aliphatic rings. The second kappa shape index (κ2) is 5.86. The number of hydrogen-bond acceptors (Lipinski definition) is 3. The maximum Gasteiger partial charge on any atom is 0.0527 e. The Labute approximate surface area is 120 Å². The molecule has 2 heterocycles. The third kappa shape index (κ3) is 3.15. The summed E-state index contributed by atoms with van der Waals surface area (Å²) in [6, 6.07) is 9.40. The van der Waals surface area contributed by atoms with Crippen LogP contribution in [-0.2, 0) is 6.42 Å². The van der Waals surface area contributed by atoms with Crippen LogP contribution >= 0.6 is 11.8 Å². The number of benzene rings is 1. The van der Waals surface area contributed by atoms with Crippen molar-refractivity contribution in [3.63, 3.8) is 0 Å². The van der Waals surface area contributed by atoms with Gasteiger partial charge in [0.15, 0.2) is 0 Å². The minimum absolute atomic E-state index is 0.168. The van der Waals surface area contributed by atoms with E-state index in [0.717, 1.165) is 6.42 Å². The van der Waals surface area contributed by atoms with Gasteiger partial charge in [0.05, 0.1) is 6.10 Å². The van der Waals surface area contributed by atoms with Crippen molar-refractivity contribution in [2.75, 3.05) is 13.1 Å². The van der Waals surface area contributed by atoms with Gasteiger partial charge in [0.2, 0.25) is 0 Å². The summed E-state index contributed by atoms with van der Waals surface area (Å²) in [6.45, 7) is 4.30. The summed E-state index contributed by atoms with van der Waals surface area (Å²) in [5, 5.41) is 10.3. The Morgan fingerprint density at radius 1 is 1.42 bits per heavy atom. The van der Waals surface area contributed by atoms with E-state index in [0.29, 0.717) is 11.3 Å². The largest absolute Gasteiger partial charge is 0.393 e. The van der Waals surface area contributed by atoms with Crippen molar-refractivity contribution in [2.45, 2.75) is 54.9 Å². The summed E-state index contributed by atoms with van der Waals surface area (Å²) in [6.07, 6.45) is 4.53. The average Bonchev–Trinajstić information content (AvgIpc) is 2.95. The van der Waals surface area contributed by atoms with Crippen molar-refractivity contribution in [3.05, 3.63) is 29.8 Å². The van der Waals surface area contributed by atoms with Crippen LogP contribution < -0.4 is 0 Å². The first kappa shape index (κ1) is 13.5. The van der Waals surface area contributed by atoms with Gasteiger partial charge in [-0.1, -0.05) is 18.2 Å². The van der Waals surface area contributed by atoms with Gasteiger partial charge in [-0.05, 0) is 50.8 Å². The van der Waals surface area contributed by atoms with E-state index >= 15 is 0 Å². The molecule has 0 bridgehead atoms. The van der Waals surface area contributed by atoms with Crippen LogP contribution in [-0.4, -0.2) is 40.5 Å². The maximum atomic E-state index is 9.60. The smallest absolute Gasteiger partial charge is 0.0527 e. The number of likely N-dealkylation sites (tertiary alicyclic amines) is 1. The topological polar surface area (TPSA) is 23.5 Å². The number of hydrogen-bond donors (Lipinski definition) is 1. The highest BCUT2D eigenvalue weighted by atomic mass is 32.2. The Balaban J connectivity index is 1.58. The highest BCUT2D eigenvalue weighted by molar-refractivity contribution is 8.00. The first-order valence-electron chi connectivity index (χ1n) is 7.39. The normalized spacial score (nSPS) is 28.5. The molecule has 1 N–H and O–H groups in total. The molecule has 1 aromatic carbocycles. The molecule has 0 saturated carbocycles. The van der Waals surface area contributed by atoms with Crippen LogP contribution in [0.1, 0.15) is 31.7 Å². The first-order chi connectivity index (χ1) is 9.22. The Kier molecular flexibility index (Phi) is 4.15. The Morgan fingerprint density at radius 3 is 3.05 bits per heavy atom. The van der Waals surface area contributed by atoms with Gasteiger partial charge < -0.3 is 5.11 Å². The van der Waals surface area contributed by atoms with E-state index in [1.807, 2.05) is 18.7 Å². The quantitative estimate of drug-likeness (QED) is 0.915. The van der Waals surface area contributed by atoms with Crippen LogP contribution in [0, 0.1) is 0 Å². The predicted octanol–water partition coefficient (Wildman–Crippen LogP) is 2.94. The standard InChI is InChI=1S/C16H23NOS/c1-12(18)9-14-6-4-8-17(14)11-15-10-13-5-2-3-7-16(13)19-15/h2-3,5,7,12,14-15,18H,4,6,8-11H2,1H3. The number of nitrogens with zero attached hydrogens (tertiary/aromatic N) is 1. The second-order valence-electron chi connectivity index (χ2n) is 5.93. The Bertz CT molecular complexity index is 410. The zero-order valence-corrected chi connectivity index (χ0v) is 12.4. The van der Waals surface area contributed by atoms with Crippen molar-refractivity contribution in [2.24, 2.45) is 0 Å². The first-order valence-corrected chi connectivity index (χ1v) is 8.27. The number of thioether (sulfide) groups is 1. The highest BCUT2D eigenvalue weighted by Gasteiger charge is 2.30. The van der Waals surface area contributed by atoms with Gasteiger partial charge in [0.25, 0.3) is 0 Å². The lowest BCUT2D eigenvalue weighted by atomic mass is 10.1. The molecule has 1 saturated heterocycles. The molecule has 0 radical (unpaired) electrons. The van der Waals surface area contributed by atoms with Crippen LogP contribution in [0.2, 0.25) is 0 Å². The summed E-state index contributed by atoms with van der Waals surface area (Å²) >= 11 is 2.04. The van der Waals surface area contributed by atoms with Crippen molar-refractivity contribution in [1.29, 1.82) is 0 Å². The molecule has 3 heteroatoms. The van der Waals surface area contributed by atoms with Gasteiger partial charge in [-0.25, -0.2) is 0 Å². The zero-order chi connectivity index (χ0) is 13.2. The summed E-state index contributed by atoms with van der Waals surface area (Å²) in [7, 11) is 0. The molecule has 0 amide bonds. The van der Waals surface area contributed by atoms with Crippen LogP contribution in [0.15, 0.2) is 29.2 Å². The lowest BCUT2D eigenvalue weighted by molar-refractivity contribution is 0.134. The maximum absolute atomic E-state index is 9.60. The molecule has 3 unspecified atom stereocenters. The minimum atomic E-state index is -0.168. The zero-order valence-electron chi connectivity index (χ0n) is 11.6. The summed E-state index contributed by atoms with van der Waals surface area (Å²) in [5.41, 5.74) is 1.52. The Morgan fingerprint density at radius 2 is 2.26 bits per heavy atom. The molecule has 0 aromatic heterocycles. The van der Waals surface area contributed by atoms with Crippen molar-refractivity contribution in [3.8, 4) is 0 Å². The number of aliphatic hydroxyl groups excluding tert-OH is 1. The molecule has 104 valence electrons. The van der Waals surface area contributed by atoms with Crippen LogP contribution in [0.25, 0.3) is 0 Å². The van der Waals surface area contributed by atoms with E-state index in [1.54, 1.807) is 0 Å². The molecule has 3 rings (SSSR count). The fourth-order valence-corrected chi connectivity index (χ4v) is 4.76. The van der Waals surface area contributed by atoms with Crippen LogP contribution in [0.3, 0.4) is 0 Å². The van der Waals surface area contributed by atoms with Gasteiger partial charge in [-0.2, -0.15) is 0 Å². The monoisotopic (exact) mass is 277 g/mol.